The van der Waals surface area contributed by atoms with E-state index in [4.69, 9.17) is 9.47 Å². The number of ether oxygens (including phenoxy) is 2. The van der Waals surface area contributed by atoms with Crippen LogP contribution in [0.3, 0.4) is 0 Å². The van der Waals surface area contributed by atoms with E-state index in [0.29, 0.717) is 12.3 Å². The Labute approximate surface area is 112 Å². The van der Waals surface area contributed by atoms with E-state index >= 15 is 0 Å². The second-order valence-corrected chi connectivity index (χ2v) is 4.97. The summed E-state index contributed by atoms with van der Waals surface area (Å²) in [6, 6.07) is 4.92. The van der Waals surface area contributed by atoms with Gasteiger partial charge in [0.1, 0.15) is 12.3 Å². The van der Waals surface area contributed by atoms with E-state index in [0.717, 1.165) is 0 Å². The van der Waals surface area contributed by atoms with Crippen molar-refractivity contribution in [3.63, 3.8) is 0 Å². The molecule has 6 heteroatoms. The van der Waals surface area contributed by atoms with E-state index in [1.54, 1.807) is 25.2 Å². The van der Waals surface area contributed by atoms with Gasteiger partial charge >= 0.3 is 5.69 Å². The maximum atomic E-state index is 11.0. The molecule has 0 saturated heterocycles. The Morgan fingerprint density at radius 1 is 1.32 bits per heavy atom. The van der Waals surface area contributed by atoms with Gasteiger partial charge in [0.2, 0.25) is 0 Å². The van der Waals surface area contributed by atoms with Crippen LogP contribution in [0.2, 0.25) is 0 Å². The van der Waals surface area contributed by atoms with E-state index < -0.39 is 4.92 Å². The van der Waals surface area contributed by atoms with Crippen LogP contribution < -0.4 is 10.1 Å². The third-order valence-corrected chi connectivity index (χ3v) is 2.33. The quantitative estimate of drug-likeness (QED) is 0.488. The van der Waals surface area contributed by atoms with Gasteiger partial charge in [-0.25, -0.2) is 0 Å². The average Bonchev–Trinajstić information content (AvgIpc) is 2.32. The predicted molar refractivity (Wildman–Crippen MR) is 73.8 cm³/mol. The molecule has 0 amide bonds. The third-order valence-electron chi connectivity index (χ3n) is 2.33. The molecule has 1 aromatic carbocycles. The first-order chi connectivity index (χ1) is 8.85. The van der Waals surface area contributed by atoms with Crippen LogP contribution in [0.25, 0.3) is 0 Å². The van der Waals surface area contributed by atoms with Gasteiger partial charge in [-0.3, -0.25) is 10.1 Å². The van der Waals surface area contributed by atoms with Gasteiger partial charge in [-0.2, -0.15) is 0 Å². The highest BCUT2D eigenvalue weighted by Crippen LogP contribution is 2.34. The first-order valence-electron chi connectivity index (χ1n) is 6.07. The molecule has 1 N–H and O–H groups in total. The molecule has 0 aromatic heterocycles. The third kappa shape index (κ3) is 4.75. The van der Waals surface area contributed by atoms with Crippen LogP contribution in [0.1, 0.15) is 20.8 Å². The largest absolute Gasteiger partial charge is 0.484 e. The fraction of sp³-hybridized carbons (Fsp3) is 0.538. The van der Waals surface area contributed by atoms with E-state index in [1.807, 2.05) is 20.8 Å². The van der Waals surface area contributed by atoms with Crippen molar-refractivity contribution in [2.24, 2.45) is 0 Å². The lowest BCUT2D eigenvalue weighted by Crippen LogP contribution is -2.22. The molecule has 19 heavy (non-hydrogen) atoms. The van der Waals surface area contributed by atoms with Gasteiger partial charge < -0.3 is 14.8 Å². The van der Waals surface area contributed by atoms with Gasteiger partial charge in [-0.05, 0) is 32.9 Å². The van der Waals surface area contributed by atoms with Crippen molar-refractivity contribution >= 4 is 11.4 Å². The molecule has 0 aliphatic carbocycles. The summed E-state index contributed by atoms with van der Waals surface area (Å²) in [5.41, 5.74) is 0.127. The molecule has 0 heterocycles. The number of rotatable bonds is 6. The van der Waals surface area contributed by atoms with Gasteiger partial charge in [-0.1, -0.05) is 6.07 Å². The van der Waals surface area contributed by atoms with E-state index in [1.165, 1.54) is 0 Å². The summed E-state index contributed by atoms with van der Waals surface area (Å²) in [4.78, 5) is 10.6. The zero-order valence-corrected chi connectivity index (χ0v) is 11.7. The average molecular weight is 268 g/mol. The lowest BCUT2D eigenvalue weighted by molar-refractivity contribution is -0.385. The number of para-hydroxylation sites is 1. The molecule has 0 aliphatic heterocycles. The highest BCUT2D eigenvalue weighted by molar-refractivity contribution is 5.68. The lowest BCUT2D eigenvalue weighted by atomic mass is 10.2. The van der Waals surface area contributed by atoms with Crippen molar-refractivity contribution in [2.45, 2.75) is 26.4 Å². The molecule has 0 fully saturated rings. The molecule has 1 aromatic rings. The van der Waals surface area contributed by atoms with Crippen molar-refractivity contribution in [1.29, 1.82) is 0 Å². The van der Waals surface area contributed by atoms with Gasteiger partial charge in [0.05, 0.1) is 17.1 Å². The monoisotopic (exact) mass is 268 g/mol. The Morgan fingerprint density at radius 3 is 2.53 bits per heavy atom. The molecule has 0 radical (unpaired) electrons. The van der Waals surface area contributed by atoms with Crippen molar-refractivity contribution in [3.8, 4) is 5.75 Å². The Morgan fingerprint density at radius 2 is 2.00 bits per heavy atom. The SMILES string of the molecule is CNc1cccc(OCCOC(C)(C)C)c1[N+](=O)[O-]. The number of nitro groups is 1. The molecule has 0 aliphatic rings. The molecule has 1 rings (SSSR count). The Balaban J connectivity index is 2.70. The number of anilines is 1. The maximum Gasteiger partial charge on any atom is 0.333 e. The predicted octanol–water partition coefficient (Wildman–Crippen LogP) is 2.83. The maximum absolute atomic E-state index is 11.0. The van der Waals surface area contributed by atoms with Crippen LogP contribution in [0.15, 0.2) is 18.2 Å². The first-order valence-corrected chi connectivity index (χ1v) is 6.07. The summed E-state index contributed by atoms with van der Waals surface area (Å²) < 4.78 is 10.9. The minimum absolute atomic E-state index is 0.0549. The molecular weight excluding hydrogens is 248 g/mol. The second-order valence-electron chi connectivity index (χ2n) is 4.97. The van der Waals surface area contributed by atoms with Crippen LogP contribution in [0.4, 0.5) is 11.4 Å². The summed E-state index contributed by atoms with van der Waals surface area (Å²) in [5, 5.41) is 13.8. The van der Waals surface area contributed by atoms with E-state index in [-0.39, 0.29) is 23.6 Å². The number of hydrogen-bond donors (Lipinski definition) is 1. The molecule has 6 nitrogen and oxygen atoms in total. The van der Waals surface area contributed by atoms with Gasteiger partial charge in [-0.15, -0.1) is 0 Å². The van der Waals surface area contributed by atoms with E-state index in [9.17, 15) is 10.1 Å². The van der Waals surface area contributed by atoms with Crippen molar-refractivity contribution < 1.29 is 14.4 Å². The molecule has 0 saturated carbocycles. The van der Waals surface area contributed by atoms with Crippen LogP contribution in [-0.4, -0.2) is 30.8 Å². The molecular formula is C13H20N2O4. The summed E-state index contributed by atoms with van der Waals surface area (Å²) in [6.07, 6.45) is 0. The Kier molecular flexibility index (Phi) is 5.11. The van der Waals surface area contributed by atoms with Crippen LogP contribution in [-0.2, 0) is 4.74 Å². The topological polar surface area (TPSA) is 73.6 Å². The minimum Gasteiger partial charge on any atom is -0.484 e. The highest BCUT2D eigenvalue weighted by atomic mass is 16.6. The van der Waals surface area contributed by atoms with Crippen LogP contribution in [0, 0.1) is 10.1 Å². The summed E-state index contributed by atoms with van der Waals surface area (Å²) >= 11 is 0. The van der Waals surface area contributed by atoms with Gasteiger partial charge in [0.25, 0.3) is 0 Å². The molecule has 0 atom stereocenters. The van der Waals surface area contributed by atoms with Crippen LogP contribution >= 0.6 is 0 Å². The molecule has 106 valence electrons. The van der Waals surface area contributed by atoms with E-state index in [2.05, 4.69) is 5.32 Å². The number of nitrogens with zero attached hydrogens (tertiary/aromatic N) is 1. The smallest absolute Gasteiger partial charge is 0.333 e. The zero-order valence-electron chi connectivity index (χ0n) is 11.7. The van der Waals surface area contributed by atoms with Gasteiger partial charge in [0.15, 0.2) is 5.75 Å². The van der Waals surface area contributed by atoms with Gasteiger partial charge in [0, 0.05) is 7.05 Å². The summed E-state index contributed by atoms with van der Waals surface area (Å²) in [6.45, 7) is 6.47. The number of nitro benzene ring substituents is 1. The highest BCUT2D eigenvalue weighted by Gasteiger charge is 2.20. The zero-order chi connectivity index (χ0) is 14.5. The Bertz CT molecular complexity index is 441. The van der Waals surface area contributed by atoms with Crippen molar-refractivity contribution in [1.82, 2.24) is 0 Å². The Hall–Kier alpha value is -1.82. The first kappa shape index (κ1) is 15.2. The summed E-state index contributed by atoms with van der Waals surface area (Å²) in [7, 11) is 1.63. The molecule has 0 unspecified atom stereocenters. The molecule has 0 spiro atoms. The standard InChI is InChI=1S/C13H20N2O4/c1-13(2,3)19-9-8-18-11-7-5-6-10(14-4)12(11)15(16)17/h5-7,14H,8-9H2,1-4H3. The number of benzene rings is 1. The van der Waals surface area contributed by atoms with Crippen molar-refractivity contribution in [3.05, 3.63) is 28.3 Å². The summed E-state index contributed by atoms with van der Waals surface area (Å²) in [5.74, 6) is 0.245. The molecule has 0 bridgehead atoms. The lowest BCUT2D eigenvalue weighted by Gasteiger charge is -2.19. The van der Waals surface area contributed by atoms with Crippen molar-refractivity contribution in [2.75, 3.05) is 25.6 Å². The fourth-order valence-electron chi connectivity index (χ4n) is 1.53. The minimum atomic E-state index is -0.453. The second kappa shape index (κ2) is 6.38. The van der Waals surface area contributed by atoms with Crippen LogP contribution in [0.5, 0.6) is 5.75 Å². The number of nitrogens with one attached hydrogen (secondary N) is 1. The number of hydrogen-bond acceptors (Lipinski definition) is 5. The normalized spacial score (nSPS) is 11.2. The fourth-order valence-corrected chi connectivity index (χ4v) is 1.53.